The molecular formula is C22H26N2O6. The molecule has 3 rings (SSSR count). The molecule has 0 saturated carbocycles. The predicted octanol–water partition coefficient (Wildman–Crippen LogP) is 2.40. The van der Waals surface area contributed by atoms with Crippen molar-refractivity contribution in [1.29, 1.82) is 0 Å². The molecule has 1 aliphatic carbocycles. The Hall–Kier alpha value is -2.78. The van der Waals surface area contributed by atoms with Gasteiger partial charge >= 0.3 is 0 Å². The number of anilines is 2. The van der Waals surface area contributed by atoms with Gasteiger partial charge in [-0.05, 0) is 37.8 Å². The first kappa shape index (κ1) is 21.9. The van der Waals surface area contributed by atoms with Crippen molar-refractivity contribution >= 4 is 22.9 Å². The third-order valence-corrected chi connectivity index (χ3v) is 5.14. The average molecular weight is 414 g/mol. The molecule has 2 aromatic carbocycles. The van der Waals surface area contributed by atoms with Gasteiger partial charge in [-0.3, -0.25) is 30.1 Å². The zero-order valence-corrected chi connectivity index (χ0v) is 16.6. The van der Waals surface area contributed by atoms with E-state index in [4.69, 9.17) is 10.2 Å². The molecule has 8 nitrogen and oxygen atoms in total. The third kappa shape index (κ3) is 4.22. The normalized spacial score (nSPS) is 12.5. The van der Waals surface area contributed by atoms with Crippen LogP contribution in [0.4, 0.5) is 11.4 Å². The lowest BCUT2D eigenvalue weighted by molar-refractivity contribution is 0.0977. The highest BCUT2D eigenvalue weighted by Crippen LogP contribution is 2.37. The van der Waals surface area contributed by atoms with E-state index in [1.807, 2.05) is 0 Å². The lowest BCUT2D eigenvalue weighted by atomic mass is 9.82. The van der Waals surface area contributed by atoms with E-state index in [1.54, 1.807) is 24.3 Å². The van der Waals surface area contributed by atoms with Crippen LogP contribution in [-0.2, 0) is 0 Å². The van der Waals surface area contributed by atoms with E-state index in [-0.39, 0.29) is 59.9 Å². The largest absolute Gasteiger partial charge is 0.396 e. The number of carbonyl (C=O) groups excluding carboxylic acids is 2. The Morgan fingerprint density at radius 1 is 0.633 bits per heavy atom. The highest BCUT2D eigenvalue weighted by molar-refractivity contribution is 6.31. The number of hydroxylamine groups is 2. The van der Waals surface area contributed by atoms with Gasteiger partial charge in [0.15, 0.2) is 11.6 Å². The lowest BCUT2D eigenvalue weighted by Crippen LogP contribution is -2.30. The predicted molar refractivity (Wildman–Crippen MR) is 111 cm³/mol. The molecule has 0 aliphatic heterocycles. The first-order valence-electron chi connectivity index (χ1n) is 10.0. The Balaban J connectivity index is 1.99. The topological polar surface area (TPSA) is 122 Å². The van der Waals surface area contributed by atoms with E-state index in [2.05, 4.69) is 0 Å². The molecule has 0 heterocycles. The number of benzene rings is 2. The SMILES string of the molecule is O=C1c2cccc(N(O)CCCCO)c2C(=O)c2cccc(N(O)CCCCO)c21. The zero-order chi connectivity index (χ0) is 21.7. The Bertz CT molecular complexity index is 854. The van der Waals surface area contributed by atoms with E-state index in [0.717, 1.165) is 10.1 Å². The van der Waals surface area contributed by atoms with Crippen molar-refractivity contribution < 1.29 is 30.2 Å². The Morgan fingerprint density at radius 3 is 1.40 bits per heavy atom. The van der Waals surface area contributed by atoms with Gasteiger partial charge < -0.3 is 10.2 Å². The van der Waals surface area contributed by atoms with E-state index in [0.29, 0.717) is 25.7 Å². The van der Waals surface area contributed by atoms with Crippen molar-refractivity contribution in [2.75, 3.05) is 36.4 Å². The van der Waals surface area contributed by atoms with Crippen LogP contribution in [0.3, 0.4) is 0 Å². The molecule has 0 amide bonds. The van der Waals surface area contributed by atoms with Gasteiger partial charge in [-0.2, -0.15) is 0 Å². The number of ketones is 2. The van der Waals surface area contributed by atoms with Gasteiger partial charge in [-0.25, -0.2) is 0 Å². The monoisotopic (exact) mass is 414 g/mol. The number of fused-ring (bicyclic) bond motifs is 2. The van der Waals surface area contributed by atoms with Crippen molar-refractivity contribution in [3.63, 3.8) is 0 Å². The first-order chi connectivity index (χ1) is 14.5. The van der Waals surface area contributed by atoms with Crippen LogP contribution in [0.15, 0.2) is 36.4 Å². The third-order valence-electron chi connectivity index (χ3n) is 5.14. The first-order valence-corrected chi connectivity index (χ1v) is 10.0. The summed E-state index contributed by atoms with van der Waals surface area (Å²) in [4.78, 5) is 26.6. The van der Waals surface area contributed by atoms with Gasteiger partial charge in [0.25, 0.3) is 0 Å². The summed E-state index contributed by atoms with van der Waals surface area (Å²) in [5, 5.41) is 40.6. The van der Waals surface area contributed by atoms with Crippen LogP contribution in [0.25, 0.3) is 0 Å². The molecule has 0 aromatic heterocycles. The summed E-state index contributed by atoms with van der Waals surface area (Å²) in [5.74, 6) is -0.802. The van der Waals surface area contributed by atoms with Crippen molar-refractivity contribution in [3.8, 4) is 0 Å². The molecule has 1 aliphatic rings. The van der Waals surface area contributed by atoms with E-state index < -0.39 is 11.6 Å². The van der Waals surface area contributed by atoms with Crippen LogP contribution in [0, 0.1) is 0 Å². The molecule has 0 bridgehead atoms. The van der Waals surface area contributed by atoms with E-state index >= 15 is 0 Å². The highest BCUT2D eigenvalue weighted by Gasteiger charge is 2.35. The molecule has 160 valence electrons. The minimum absolute atomic E-state index is 0.00424. The van der Waals surface area contributed by atoms with E-state index in [1.165, 1.54) is 12.1 Å². The van der Waals surface area contributed by atoms with Gasteiger partial charge in [0.2, 0.25) is 0 Å². The molecule has 30 heavy (non-hydrogen) atoms. The zero-order valence-electron chi connectivity index (χ0n) is 16.6. The van der Waals surface area contributed by atoms with Crippen LogP contribution >= 0.6 is 0 Å². The maximum Gasteiger partial charge on any atom is 0.196 e. The van der Waals surface area contributed by atoms with Crippen LogP contribution in [-0.4, -0.2) is 58.5 Å². The summed E-state index contributed by atoms with van der Waals surface area (Å²) in [6.07, 6.45) is 2.06. The molecule has 0 spiro atoms. The summed E-state index contributed by atoms with van der Waals surface area (Å²) in [6, 6.07) is 9.41. The molecule has 0 fully saturated rings. The second kappa shape index (κ2) is 9.82. The molecule has 0 unspecified atom stereocenters. The number of hydrogen-bond donors (Lipinski definition) is 4. The highest BCUT2D eigenvalue weighted by atomic mass is 16.5. The number of aliphatic hydroxyl groups is 2. The number of unbranched alkanes of at least 4 members (excludes halogenated alkanes) is 2. The van der Waals surface area contributed by atoms with Gasteiger partial charge in [-0.1, -0.05) is 24.3 Å². The van der Waals surface area contributed by atoms with Crippen molar-refractivity contribution in [2.45, 2.75) is 25.7 Å². The fraction of sp³-hybridized carbons (Fsp3) is 0.364. The molecule has 0 saturated heterocycles. The second-order valence-electron chi connectivity index (χ2n) is 7.17. The van der Waals surface area contributed by atoms with E-state index in [9.17, 15) is 20.0 Å². The lowest BCUT2D eigenvalue weighted by Gasteiger charge is -2.27. The van der Waals surface area contributed by atoms with Crippen LogP contribution < -0.4 is 10.1 Å². The van der Waals surface area contributed by atoms with Crippen LogP contribution in [0.1, 0.15) is 57.5 Å². The summed E-state index contributed by atoms with van der Waals surface area (Å²) < 4.78 is 0. The Labute approximate surface area is 174 Å². The fourth-order valence-electron chi connectivity index (χ4n) is 3.62. The Morgan fingerprint density at radius 2 is 1.03 bits per heavy atom. The van der Waals surface area contributed by atoms with Crippen molar-refractivity contribution in [2.24, 2.45) is 0 Å². The standard InChI is InChI=1S/C22H26N2O6/c25-13-3-1-11-23(29)17-9-5-7-15-19(17)21(27)16-8-6-10-18(20(16)22(15)28)24(30)12-2-4-14-26/h5-10,25-26,29-30H,1-4,11-14H2. The van der Waals surface area contributed by atoms with Crippen molar-refractivity contribution in [1.82, 2.24) is 0 Å². The fourth-order valence-corrected chi connectivity index (χ4v) is 3.62. The van der Waals surface area contributed by atoms with Crippen molar-refractivity contribution in [3.05, 3.63) is 58.7 Å². The molecule has 8 heteroatoms. The molecule has 4 N–H and O–H groups in total. The van der Waals surface area contributed by atoms with Crippen LogP contribution in [0.2, 0.25) is 0 Å². The summed E-state index contributed by atoms with van der Waals surface area (Å²) in [7, 11) is 0. The number of hydrogen-bond acceptors (Lipinski definition) is 8. The minimum Gasteiger partial charge on any atom is -0.396 e. The van der Waals surface area contributed by atoms with Crippen LogP contribution in [0.5, 0.6) is 0 Å². The Kier molecular flexibility index (Phi) is 7.17. The van der Waals surface area contributed by atoms with Gasteiger partial charge in [-0.15, -0.1) is 0 Å². The number of carbonyl (C=O) groups is 2. The molecule has 0 atom stereocenters. The number of nitrogens with zero attached hydrogens (tertiary/aromatic N) is 2. The smallest absolute Gasteiger partial charge is 0.196 e. The van der Waals surface area contributed by atoms with Gasteiger partial charge in [0.1, 0.15) is 0 Å². The quantitative estimate of drug-likeness (QED) is 0.295. The minimum atomic E-state index is -0.401. The van der Waals surface area contributed by atoms with Gasteiger partial charge in [0.05, 0.1) is 22.5 Å². The maximum absolute atomic E-state index is 13.3. The number of rotatable bonds is 10. The molecule has 2 aromatic rings. The summed E-state index contributed by atoms with van der Waals surface area (Å²) in [6.45, 7) is 0.426. The number of aliphatic hydroxyl groups excluding tert-OH is 2. The summed E-state index contributed by atoms with van der Waals surface area (Å²) >= 11 is 0. The second-order valence-corrected chi connectivity index (χ2v) is 7.17. The average Bonchev–Trinajstić information content (AvgIpc) is 2.76. The summed E-state index contributed by atoms with van der Waals surface area (Å²) in [5.41, 5.74) is 1.07. The molecular weight excluding hydrogens is 388 g/mol. The van der Waals surface area contributed by atoms with Gasteiger partial charge in [0, 0.05) is 37.4 Å². The molecule has 0 radical (unpaired) electrons. The maximum atomic E-state index is 13.3.